The predicted octanol–water partition coefficient (Wildman–Crippen LogP) is 4.02. The van der Waals surface area contributed by atoms with Crippen LogP contribution in [0.15, 0.2) is 23.3 Å². The van der Waals surface area contributed by atoms with Crippen LogP contribution in [0.25, 0.3) is 0 Å². The summed E-state index contributed by atoms with van der Waals surface area (Å²) in [7, 11) is 0. The number of amides is 1. The molecule has 0 aromatic heterocycles. The van der Waals surface area contributed by atoms with Crippen LogP contribution in [0.3, 0.4) is 0 Å². The molecule has 0 aliphatic rings. The Kier molecular flexibility index (Phi) is 6.76. The molecule has 0 fully saturated rings. The van der Waals surface area contributed by atoms with Gasteiger partial charge in [0.25, 0.3) is 0 Å². The van der Waals surface area contributed by atoms with Crippen molar-refractivity contribution in [2.75, 3.05) is 0 Å². The van der Waals surface area contributed by atoms with E-state index in [0.717, 1.165) is 24.8 Å². The molecule has 0 heterocycles. The number of hydrogen-bond donors (Lipinski definition) is 1. The second-order valence-corrected chi connectivity index (χ2v) is 4.74. The largest absolute Gasteiger partial charge is 0.273 e. The molecule has 1 aromatic rings. The Morgan fingerprint density at radius 3 is 2.78 bits per heavy atom. The Hall–Kier alpha value is -1.06. The molecule has 0 saturated heterocycles. The zero-order valence-corrected chi connectivity index (χ0v) is 11.8. The van der Waals surface area contributed by atoms with Gasteiger partial charge in [-0.15, -0.1) is 0 Å². The van der Waals surface area contributed by atoms with Crippen LogP contribution in [0.5, 0.6) is 0 Å². The number of benzene rings is 1. The van der Waals surface area contributed by atoms with E-state index in [1.165, 1.54) is 0 Å². The van der Waals surface area contributed by atoms with Crippen molar-refractivity contribution in [1.82, 2.24) is 5.43 Å². The number of halogens is 2. The van der Waals surface area contributed by atoms with E-state index in [0.29, 0.717) is 16.5 Å². The molecule has 0 saturated carbocycles. The quantitative estimate of drug-likeness (QED) is 0.479. The van der Waals surface area contributed by atoms with Crippen LogP contribution in [-0.4, -0.2) is 12.1 Å². The Bertz CT molecular complexity index is 433. The van der Waals surface area contributed by atoms with Gasteiger partial charge in [0.1, 0.15) is 0 Å². The summed E-state index contributed by atoms with van der Waals surface area (Å²) in [6.45, 7) is 2.10. The van der Waals surface area contributed by atoms with Gasteiger partial charge < -0.3 is 0 Å². The highest BCUT2D eigenvalue weighted by Gasteiger charge is 1.99. The van der Waals surface area contributed by atoms with Gasteiger partial charge in [0.15, 0.2) is 0 Å². The average Bonchev–Trinajstić information content (AvgIpc) is 2.34. The van der Waals surface area contributed by atoms with E-state index in [9.17, 15) is 4.79 Å². The molecular weight excluding hydrogens is 271 g/mol. The molecule has 1 aromatic carbocycles. The zero-order chi connectivity index (χ0) is 13.4. The van der Waals surface area contributed by atoms with E-state index in [1.54, 1.807) is 24.4 Å². The molecule has 0 spiro atoms. The lowest BCUT2D eigenvalue weighted by molar-refractivity contribution is -0.121. The van der Waals surface area contributed by atoms with Gasteiger partial charge >= 0.3 is 0 Å². The van der Waals surface area contributed by atoms with Crippen molar-refractivity contribution in [2.24, 2.45) is 5.10 Å². The lowest BCUT2D eigenvalue weighted by Gasteiger charge is -1.99. The summed E-state index contributed by atoms with van der Waals surface area (Å²) in [6.07, 6.45) is 5.10. The van der Waals surface area contributed by atoms with E-state index in [2.05, 4.69) is 17.5 Å². The monoisotopic (exact) mass is 286 g/mol. The molecule has 0 radical (unpaired) electrons. The van der Waals surface area contributed by atoms with E-state index < -0.39 is 0 Å². The summed E-state index contributed by atoms with van der Waals surface area (Å²) in [5.41, 5.74) is 3.27. The maximum Gasteiger partial charge on any atom is 0.240 e. The van der Waals surface area contributed by atoms with Gasteiger partial charge in [-0.1, -0.05) is 49.0 Å². The van der Waals surface area contributed by atoms with Crippen LogP contribution in [0, 0.1) is 0 Å². The summed E-state index contributed by atoms with van der Waals surface area (Å²) in [4.78, 5) is 11.4. The number of hydrogen-bond acceptors (Lipinski definition) is 2. The van der Waals surface area contributed by atoms with Gasteiger partial charge in [0, 0.05) is 6.42 Å². The normalized spacial score (nSPS) is 10.8. The second-order valence-electron chi connectivity index (χ2n) is 3.92. The molecule has 0 atom stereocenters. The van der Waals surface area contributed by atoms with E-state index in [4.69, 9.17) is 23.2 Å². The maximum absolute atomic E-state index is 11.4. The molecule has 1 N–H and O–H groups in total. The third-order valence-electron chi connectivity index (χ3n) is 2.35. The first-order valence-corrected chi connectivity index (χ1v) is 6.66. The van der Waals surface area contributed by atoms with Crippen LogP contribution in [-0.2, 0) is 4.79 Å². The summed E-state index contributed by atoms with van der Waals surface area (Å²) < 4.78 is 0. The smallest absolute Gasteiger partial charge is 0.240 e. The lowest BCUT2D eigenvalue weighted by Crippen LogP contribution is -2.16. The van der Waals surface area contributed by atoms with Crippen molar-refractivity contribution in [3.63, 3.8) is 0 Å². The number of nitrogens with zero attached hydrogens (tertiary/aromatic N) is 1. The second kappa shape index (κ2) is 8.11. The van der Waals surface area contributed by atoms with Gasteiger partial charge in [-0.2, -0.15) is 5.10 Å². The molecule has 1 amide bonds. The SMILES string of the molecule is CCCCCC(=O)N/N=C/c1ccc(Cl)c(Cl)c1. The Morgan fingerprint density at radius 2 is 2.11 bits per heavy atom. The molecule has 18 heavy (non-hydrogen) atoms. The Labute approximate surface area is 117 Å². The molecule has 0 aliphatic carbocycles. The summed E-state index contributed by atoms with van der Waals surface area (Å²) in [6, 6.07) is 5.16. The van der Waals surface area contributed by atoms with Crippen LogP contribution in [0.4, 0.5) is 0 Å². The third kappa shape index (κ3) is 5.52. The fourth-order valence-electron chi connectivity index (χ4n) is 1.36. The molecule has 0 unspecified atom stereocenters. The zero-order valence-electron chi connectivity index (χ0n) is 10.2. The first-order chi connectivity index (χ1) is 8.63. The lowest BCUT2D eigenvalue weighted by atomic mass is 10.2. The highest BCUT2D eigenvalue weighted by molar-refractivity contribution is 6.42. The minimum absolute atomic E-state index is 0.0697. The molecule has 5 heteroatoms. The van der Waals surface area contributed by atoms with Gasteiger partial charge in [-0.05, 0) is 24.1 Å². The first-order valence-electron chi connectivity index (χ1n) is 5.90. The van der Waals surface area contributed by atoms with E-state index in [-0.39, 0.29) is 5.91 Å². The predicted molar refractivity (Wildman–Crippen MR) is 76.3 cm³/mol. The van der Waals surface area contributed by atoms with Gasteiger partial charge in [-0.3, -0.25) is 4.79 Å². The fraction of sp³-hybridized carbons (Fsp3) is 0.385. The molecular formula is C13H16Cl2N2O. The molecule has 0 bridgehead atoms. The van der Waals surface area contributed by atoms with E-state index >= 15 is 0 Å². The molecule has 0 aliphatic heterocycles. The van der Waals surface area contributed by atoms with Crippen molar-refractivity contribution in [3.05, 3.63) is 33.8 Å². The first kappa shape index (κ1) is 15.0. The minimum atomic E-state index is -0.0697. The Balaban J connectivity index is 2.40. The van der Waals surface area contributed by atoms with Gasteiger partial charge in [-0.25, -0.2) is 5.43 Å². The number of carbonyl (C=O) groups excluding carboxylic acids is 1. The maximum atomic E-state index is 11.4. The molecule has 1 rings (SSSR count). The van der Waals surface area contributed by atoms with Gasteiger partial charge in [0.2, 0.25) is 5.91 Å². The van der Waals surface area contributed by atoms with Crippen molar-refractivity contribution in [1.29, 1.82) is 0 Å². The standard InChI is InChI=1S/C13H16Cl2N2O/c1-2-3-4-5-13(18)17-16-9-10-6-7-11(14)12(15)8-10/h6-9H,2-5H2,1H3,(H,17,18)/b16-9+. The number of unbranched alkanes of at least 4 members (excludes halogenated alkanes) is 2. The van der Waals surface area contributed by atoms with E-state index in [1.807, 2.05) is 0 Å². The van der Waals surface area contributed by atoms with Crippen LogP contribution in [0.1, 0.15) is 38.2 Å². The fourth-order valence-corrected chi connectivity index (χ4v) is 1.67. The highest BCUT2D eigenvalue weighted by Crippen LogP contribution is 2.21. The van der Waals surface area contributed by atoms with Crippen molar-refractivity contribution in [3.8, 4) is 0 Å². The van der Waals surface area contributed by atoms with Crippen molar-refractivity contribution >= 4 is 35.3 Å². The number of rotatable bonds is 6. The van der Waals surface area contributed by atoms with Crippen LogP contribution < -0.4 is 5.43 Å². The van der Waals surface area contributed by atoms with Crippen molar-refractivity contribution < 1.29 is 4.79 Å². The number of carbonyl (C=O) groups is 1. The average molecular weight is 287 g/mol. The Morgan fingerprint density at radius 1 is 1.33 bits per heavy atom. The third-order valence-corrected chi connectivity index (χ3v) is 3.09. The summed E-state index contributed by atoms with van der Waals surface area (Å²) in [5, 5.41) is 4.83. The number of hydrazone groups is 1. The number of nitrogens with one attached hydrogen (secondary N) is 1. The summed E-state index contributed by atoms with van der Waals surface area (Å²) >= 11 is 11.6. The summed E-state index contributed by atoms with van der Waals surface area (Å²) in [5.74, 6) is -0.0697. The van der Waals surface area contributed by atoms with Crippen LogP contribution in [0.2, 0.25) is 10.0 Å². The minimum Gasteiger partial charge on any atom is -0.273 e. The van der Waals surface area contributed by atoms with Gasteiger partial charge in [0.05, 0.1) is 16.3 Å². The topological polar surface area (TPSA) is 41.5 Å². The van der Waals surface area contributed by atoms with Crippen LogP contribution >= 0.6 is 23.2 Å². The molecule has 98 valence electrons. The van der Waals surface area contributed by atoms with Crippen molar-refractivity contribution in [2.45, 2.75) is 32.6 Å². The highest BCUT2D eigenvalue weighted by atomic mass is 35.5. The molecule has 3 nitrogen and oxygen atoms in total.